The van der Waals surface area contributed by atoms with Crippen LogP contribution in [0.25, 0.3) is 21.1 Å². The first-order valence-electron chi connectivity index (χ1n) is 8.18. The van der Waals surface area contributed by atoms with Crippen LogP contribution in [0.4, 0.5) is 5.69 Å². The molecule has 0 amide bonds. The lowest BCUT2D eigenvalue weighted by Crippen LogP contribution is -1.84. The standard InChI is InChI=1S/C9H8N2.C9H9NS.C2H6/c10-8-4-3-7-2-1-5-11-9(7)6-8;1-2-7-3-4-8-9(5-7)11-6-10-8;1-2/h1-6H,10H2;3-6H,2H2,1H3;1-2H3. The van der Waals surface area contributed by atoms with Gasteiger partial charge in [-0.1, -0.05) is 39.0 Å². The van der Waals surface area contributed by atoms with E-state index in [0.29, 0.717) is 0 Å². The van der Waals surface area contributed by atoms with Crippen LogP contribution in [0.1, 0.15) is 26.3 Å². The molecule has 124 valence electrons. The predicted molar refractivity (Wildman–Crippen MR) is 107 cm³/mol. The number of nitrogen functional groups attached to an aromatic ring is 1. The molecule has 0 saturated carbocycles. The largest absolute Gasteiger partial charge is 0.399 e. The molecule has 4 aromatic rings. The lowest BCUT2D eigenvalue weighted by atomic mass is 10.2. The first-order chi connectivity index (χ1) is 11.8. The lowest BCUT2D eigenvalue weighted by Gasteiger charge is -1.95. The van der Waals surface area contributed by atoms with Crippen LogP contribution in [0.3, 0.4) is 0 Å². The van der Waals surface area contributed by atoms with E-state index in [0.717, 1.165) is 28.5 Å². The molecule has 0 atom stereocenters. The van der Waals surface area contributed by atoms with E-state index in [4.69, 9.17) is 5.73 Å². The minimum atomic E-state index is 0.760. The average molecular weight is 337 g/mol. The van der Waals surface area contributed by atoms with Gasteiger partial charge in [0.2, 0.25) is 0 Å². The third-order valence-electron chi connectivity index (χ3n) is 3.43. The van der Waals surface area contributed by atoms with Crippen molar-refractivity contribution in [2.24, 2.45) is 0 Å². The van der Waals surface area contributed by atoms with Crippen LogP contribution in [-0.2, 0) is 6.42 Å². The Balaban J connectivity index is 0.000000158. The summed E-state index contributed by atoms with van der Waals surface area (Å²) < 4.78 is 1.30. The summed E-state index contributed by atoms with van der Waals surface area (Å²) in [6.45, 7) is 6.17. The second-order valence-electron chi connectivity index (χ2n) is 4.96. The Kier molecular flexibility index (Phi) is 6.70. The van der Waals surface area contributed by atoms with E-state index in [2.05, 4.69) is 35.1 Å². The number of anilines is 1. The molecule has 2 N–H and O–H groups in total. The number of aromatic nitrogens is 2. The highest BCUT2D eigenvalue weighted by Gasteiger charge is 1.95. The number of aryl methyl sites for hydroxylation is 1. The molecule has 0 aliphatic carbocycles. The minimum absolute atomic E-state index is 0.760. The van der Waals surface area contributed by atoms with Crippen molar-refractivity contribution in [1.29, 1.82) is 0 Å². The SMILES string of the molecule is CC.CCc1ccc2ncsc2c1.Nc1ccc2cccnc2c1. The van der Waals surface area contributed by atoms with E-state index >= 15 is 0 Å². The minimum Gasteiger partial charge on any atom is -0.399 e. The molecular weight excluding hydrogens is 314 g/mol. The number of nitrogens with two attached hydrogens (primary N) is 1. The number of benzene rings is 2. The summed E-state index contributed by atoms with van der Waals surface area (Å²) >= 11 is 1.71. The third-order valence-corrected chi connectivity index (χ3v) is 4.23. The molecule has 0 spiro atoms. The molecule has 4 heteroatoms. The number of rotatable bonds is 1. The number of hydrogen-bond acceptors (Lipinski definition) is 4. The van der Waals surface area contributed by atoms with Crippen molar-refractivity contribution in [3.05, 3.63) is 65.8 Å². The van der Waals surface area contributed by atoms with Gasteiger partial charge in [0.1, 0.15) is 0 Å². The molecule has 0 fully saturated rings. The fraction of sp³-hybridized carbons (Fsp3) is 0.200. The molecule has 0 aliphatic rings. The van der Waals surface area contributed by atoms with E-state index in [9.17, 15) is 0 Å². The summed E-state index contributed by atoms with van der Waals surface area (Å²) in [4.78, 5) is 8.37. The van der Waals surface area contributed by atoms with Gasteiger partial charge in [-0.05, 0) is 42.3 Å². The molecule has 0 saturated heterocycles. The number of hydrogen-bond donors (Lipinski definition) is 1. The first kappa shape index (κ1) is 17.9. The fourth-order valence-corrected chi connectivity index (χ4v) is 2.94. The van der Waals surface area contributed by atoms with Gasteiger partial charge in [0.25, 0.3) is 0 Å². The van der Waals surface area contributed by atoms with Gasteiger partial charge >= 0.3 is 0 Å². The van der Waals surface area contributed by atoms with Crippen molar-refractivity contribution in [2.45, 2.75) is 27.2 Å². The zero-order valence-corrected chi connectivity index (χ0v) is 15.2. The Bertz CT molecular complexity index is 899. The fourth-order valence-electron chi connectivity index (χ4n) is 2.20. The van der Waals surface area contributed by atoms with Gasteiger partial charge in [0, 0.05) is 17.3 Å². The van der Waals surface area contributed by atoms with E-state index in [-0.39, 0.29) is 0 Å². The highest BCUT2D eigenvalue weighted by Crippen LogP contribution is 2.19. The molecule has 0 bridgehead atoms. The maximum atomic E-state index is 5.58. The quantitative estimate of drug-likeness (QED) is 0.453. The number of fused-ring (bicyclic) bond motifs is 2. The Morgan fingerprint density at radius 2 is 1.79 bits per heavy atom. The van der Waals surface area contributed by atoms with Gasteiger partial charge in [0.15, 0.2) is 0 Å². The molecule has 0 unspecified atom stereocenters. The van der Waals surface area contributed by atoms with Crippen molar-refractivity contribution in [1.82, 2.24) is 9.97 Å². The Morgan fingerprint density at radius 1 is 0.958 bits per heavy atom. The van der Waals surface area contributed by atoms with Crippen LogP contribution >= 0.6 is 11.3 Å². The number of nitrogens with zero attached hydrogens (tertiary/aromatic N) is 2. The van der Waals surface area contributed by atoms with Crippen LogP contribution in [-0.4, -0.2) is 9.97 Å². The van der Waals surface area contributed by atoms with Gasteiger partial charge < -0.3 is 5.73 Å². The van der Waals surface area contributed by atoms with Gasteiger partial charge in [-0.3, -0.25) is 4.98 Å². The zero-order valence-electron chi connectivity index (χ0n) is 14.4. The van der Waals surface area contributed by atoms with Crippen molar-refractivity contribution in [3.63, 3.8) is 0 Å². The zero-order chi connectivity index (χ0) is 17.4. The maximum Gasteiger partial charge on any atom is 0.0812 e. The van der Waals surface area contributed by atoms with Gasteiger partial charge in [0.05, 0.1) is 21.2 Å². The van der Waals surface area contributed by atoms with Crippen LogP contribution in [0.2, 0.25) is 0 Å². The summed E-state index contributed by atoms with van der Waals surface area (Å²) in [5.41, 5.74) is 11.7. The summed E-state index contributed by atoms with van der Waals surface area (Å²) in [7, 11) is 0. The molecule has 2 heterocycles. The molecule has 2 aromatic heterocycles. The van der Waals surface area contributed by atoms with Crippen LogP contribution in [0.15, 0.2) is 60.2 Å². The summed E-state index contributed by atoms with van der Waals surface area (Å²) in [5, 5.41) is 1.13. The Hall–Kier alpha value is -2.46. The summed E-state index contributed by atoms with van der Waals surface area (Å²) in [6, 6.07) is 16.1. The summed E-state index contributed by atoms with van der Waals surface area (Å²) in [6.07, 6.45) is 2.87. The van der Waals surface area contributed by atoms with Gasteiger partial charge in [-0.15, -0.1) is 11.3 Å². The molecule has 4 rings (SSSR count). The smallest absolute Gasteiger partial charge is 0.0812 e. The highest BCUT2D eigenvalue weighted by atomic mass is 32.1. The number of pyridine rings is 1. The summed E-state index contributed by atoms with van der Waals surface area (Å²) in [5.74, 6) is 0. The second-order valence-corrected chi connectivity index (χ2v) is 5.85. The highest BCUT2D eigenvalue weighted by molar-refractivity contribution is 7.16. The van der Waals surface area contributed by atoms with Crippen molar-refractivity contribution in [2.75, 3.05) is 5.73 Å². The molecule has 2 aromatic carbocycles. The van der Waals surface area contributed by atoms with Crippen molar-refractivity contribution >= 4 is 38.1 Å². The lowest BCUT2D eigenvalue weighted by molar-refractivity contribution is 1.15. The van der Waals surface area contributed by atoms with Crippen LogP contribution in [0.5, 0.6) is 0 Å². The van der Waals surface area contributed by atoms with Crippen LogP contribution < -0.4 is 5.73 Å². The average Bonchev–Trinajstić information content (AvgIpc) is 3.11. The Morgan fingerprint density at radius 3 is 2.58 bits per heavy atom. The monoisotopic (exact) mass is 337 g/mol. The Labute approximate surface area is 147 Å². The maximum absolute atomic E-state index is 5.58. The van der Waals surface area contributed by atoms with E-state index < -0.39 is 0 Å². The topological polar surface area (TPSA) is 51.8 Å². The molecule has 24 heavy (non-hydrogen) atoms. The predicted octanol–water partition coefficient (Wildman–Crippen LogP) is 5.70. The first-order valence-corrected chi connectivity index (χ1v) is 9.06. The molecule has 0 aliphatic heterocycles. The van der Waals surface area contributed by atoms with E-state index in [1.54, 1.807) is 17.5 Å². The van der Waals surface area contributed by atoms with Gasteiger partial charge in [-0.2, -0.15) is 0 Å². The van der Waals surface area contributed by atoms with Crippen molar-refractivity contribution < 1.29 is 0 Å². The molecule has 0 radical (unpaired) electrons. The van der Waals surface area contributed by atoms with Crippen LogP contribution in [0, 0.1) is 0 Å². The molecule has 3 nitrogen and oxygen atoms in total. The molecular formula is C20H23N3S. The normalized spacial score (nSPS) is 9.79. The second kappa shape index (κ2) is 8.99. The van der Waals surface area contributed by atoms with Crippen molar-refractivity contribution in [3.8, 4) is 0 Å². The number of thiazole rings is 1. The van der Waals surface area contributed by atoms with Gasteiger partial charge in [-0.25, -0.2) is 4.98 Å². The third kappa shape index (κ3) is 4.52. The van der Waals surface area contributed by atoms with E-state index in [1.165, 1.54) is 10.3 Å². The van der Waals surface area contributed by atoms with E-state index in [1.807, 2.05) is 49.7 Å².